The lowest BCUT2D eigenvalue weighted by atomic mass is 9.97. The first-order valence-electron chi connectivity index (χ1n) is 11.1. The van der Waals surface area contributed by atoms with Crippen molar-refractivity contribution >= 4 is 34.3 Å². The van der Waals surface area contributed by atoms with E-state index in [0.29, 0.717) is 33.9 Å². The number of non-ortho nitro benzene ring substituents is 1. The topological polar surface area (TPSA) is 104 Å². The molecule has 9 heteroatoms. The van der Waals surface area contributed by atoms with E-state index >= 15 is 0 Å². The van der Waals surface area contributed by atoms with E-state index in [0.717, 1.165) is 24.8 Å². The van der Waals surface area contributed by atoms with E-state index in [-0.39, 0.29) is 11.2 Å². The number of carbonyl (C=O) groups excluding carboxylic acids is 1. The maximum absolute atomic E-state index is 13.4. The smallest absolute Gasteiger partial charge is 0.337 e. The predicted octanol–water partition coefficient (Wildman–Crippen LogP) is 5.27. The molecule has 2 aromatic carbocycles. The van der Waals surface area contributed by atoms with Gasteiger partial charge < -0.3 is 4.74 Å². The summed E-state index contributed by atoms with van der Waals surface area (Å²) in [6, 6.07) is 11.2. The van der Waals surface area contributed by atoms with Crippen molar-refractivity contribution in [2.24, 2.45) is 0 Å². The Morgan fingerprint density at radius 2 is 2.09 bits per heavy atom. The molecule has 0 bridgehead atoms. The van der Waals surface area contributed by atoms with Crippen molar-refractivity contribution in [3.8, 4) is 0 Å². The fourth-order valence-corrected chi connectivity index (χ4v) is 5.02. The highest BCUT2D eigenvalue weighted by Crippen LogP contribution is 2.26. The van der Waals surface area contributed by atoms with Crippen LogP contribution in [0.2, 0.25) is 0 Å². The number of hydrogen-bond donors (Lipinski definition) is 0. The summed E-state index contributed by atoms with van der Waals surface area (Å²) in [5.41, 5.74) is 2.71. The maximum atomic E-state index is 13.4. The Kier molecular flexibility index (Phi) is 7.42. The highest BCUT2D eigenvalue weighted by molar-refractivity contribution is 7.98. The van der Waals surface area contributed by atoms with E-state index in [1.807, 2.05) is 6.07 Å². The zero-order valence-corrected chi connectivity index (χ0v) is 19.7. The zero-order chi connectivity index (χ0) is 24.1. The van der Waals surface area contributed by atoms with E-state index in [9.17, 15) is 19.7 Å². The van der Waals surface area contributed by atoms with Crippen LogP contribution in [0.25, 0.3) is 10.9 Å². The molecular formula is C25H25N3O5S. The Balaban J connectivity index is 1.70. The number of rotatable bonds is 8. The highest BCUT2D eigenvalue weighted by atomic mass is 32.2. The van der Waals surface area contributed by atoms with Crippen molar-refractivity contribution < 1.29 is 14.5 Å². The lowest BCUT2D eigenvalue weighted by Crippen LogP contribution is -2.24. The number of nitro benzene ring substituents is 1. The van der Waals surface area contributed by atoms with Crippen molar-refractivity contribution in [3.63, 3.8) is 0 Å². The van der Waals surface area contributed by atoms with Crippen LogP contribution in [0.15, 0.2) is 64.1 Å². The largest absolute Gasteiger partial charge is 0.465 e. The molecule has 0 radical (unpaired) electrons. The van der Waals surface area contributed by atoms with Gasteiger partial charge in [0.25, 0.3) is 11.2 Å². The van der Waals surface area contributed by atoms with Crippen LogP contribution in [-0.4, -0.2) is 27.6 Å². The van der Waals surface area contributed by atoms with Crippen LogP contribution < -0.4 is 5.56 Å². The molecule has 4 rings (SSSR count). The summed E-state index contributed by atoms with van der Waals surface area (Å²) >= 11 is 1.35. The fraction of sp³-hybridized carbons (Fsp3) is 0.320. The second-order valence-corrected chi connectivity index (χ2v) is 9.09. The fourth-order valence-electron chi connectivity index (χ4n) is 4.05. The molecule has 0 fully saturated rings. The van der Waals surface area contributed by atoms with Gasteiger partial charge in [-0.1, -0.05) is 35.5 Å². The van der Waals surface area contributed by atoms with Crippen molar-refractivity contribution in [2.75, 3.05) is 7.11 Å². The van der Waals surface area contributed by atoms with Gasteiger partial charge in [-0.2, -0.15) is 0 Å². The van der Waals surface area contributed by atoms with E-state index in [2.05, 4.69) is 6.08 Å². The Bertz CT molecular complexity index is 1330. The lowest BCUT2D eigenvalue weighted by molar-refractivity contribution is -0.384. The van der Waals surface area contributed by atoms with Gasteiger partial charge in [-0.05, 0) is 55.9 Å². The third-order valence-corrected chi connectivity index (χ3v) is 6.92. The van der Waals surface area contributed by atoms with Crippen molar-refractivity contribution in [3.05, 3.63) is 85.7 Å². The maximum Gasteiger partial charge on any atom is 0.337 e. The monoisotopic (exact) mass is 479 g/mol. The SMILES string of the molecule is COC(=O)c1ccc2c(=O)n(CCC3=CCCCC3)c(SCc3cccc([N+](=O)[O-])c3)nc2c1. The van der Waals surface area contributed by atoms with Gasteiger partial charge in [0.15, 0.2) is 5.16 Å². The van der Waals surface area contributed by atoms with E-state index in [4.69, 9.17) is 9.72 Å². The average molecular weight is 480 g/mol. The molecule has 176 valence electrons. The minimum absolute atomic E-state index is 0.0221. The number of methoxy groups -OCH3 is 1. The summed E-state index contributed by atoms with van der Waals surface area (Å²) < 4.78 is 6.47. The summed E-state index contributed by atoms with van der Waals surface area (Å²) in [5.74, 6) is -0.0816. The number of thioether (sulfide) groups is 1. The Morgan fingerprint density at radius 1 is 1.24 bits per heavy atom. The normalized spacial score (nSPS) is 13.5. The molecule has 0 saturated carbocycles. The van der Waals surface area contributed by atoms with Crippen LogP contribution in [0.5, 0.6) is 0 Å². The molecule has 34 heavy (non-hydrogen) atoms. The summed E-state index contributed by atoms with van der Waals surface area (Å²) in [4.78, 5) is 40.8. The first kappa shape index (κ1) is 23.7. The van der Waals surface area contributed by atoms with E-state index in [1.54, 1.807) is 28.8 Å². The first-order valence-corrected chi connectivity index (χ1v) is 12.1. The Morgan fingerprint density at radius 3 is 2.82 bits per heavy atom. The molecule has 0 unspecified atom stereocenters. The number of carbonyl (C=O) groups is 1. The summed E-state index contributed by atoms with van der Waals surface area (Å²) in [6.07, 6.45) is 7.54. The number of aromatic nitrogens is 2. The lowest BCUT2D eigenvalue weighted by Gasteiger charge is -2.16. The molecule has 3 aromatic rings. The molecule has 8 nitrogen and oxygen atoms in total. The molecule has 1 aliphatic carbocycles. The van der Waals surface area contributed by atoms with Gasteiger partial charge in [0.1, 0.15) is 0 Å². The minimum atomic E-state index is -0.497. The number of nitro groups is 1. The van der Waals surface area contributed by atoms with Crippen molar-refractivity contribution in [1.29, 1.82) is 0 Å². The van der Waals surface area contributed by atoms with Gasteiger partial charge in [0, 0.05) is 24.4 Å². The Hall–Kier alpha value is -3.46. The quantitative estimate of drug-likeness (QED) is 0.108. The molecule has 0 saturated heterocycles. The van der Waals surface area contributed by atoms with Crippen LogP contribution >= 0.6 is 11.8 Å². The molecule has 1 heterocycles. The average Bonchev–Trinajstić information content (AvgIpc) is 2.87. The number of esters is 1. The number of hydrogen-bond acceptors (Lipinski definition) is 7. The molecule has 0 N–H and O–H groups in total. The molecule has 0 amide bonds. The molecular weight excluding hydrogens is 454 g/mol. The standard InChI is InChI=1S/C25H25N3O5S/c1-33-24(30)19-10-11-21-22(15-19)26-25(34-16-18-8-5-9-20(14-18)28(31)32)27(23(21)29)13-12-17-6-3-2-4-7-17/h5-6,8-11,14-15H,2-4,7,12-13,16H2,1H3. The number of ether oxygens (including phenoxy) is 1. The number of benzene rings is 2. The van der Waals surface area contributed by atoms with E-state index < -0.39 is 10.9 Å². The van der Waals surface area contributed by atoms with Crippen LogP contribution in [-0.2, 0) is 17.0 Å². The summed E-state index contributed by atoms with van der Waals surface area (Å²) in [6.45, 7) is 0.504. The highest BCUT2D eigenvalue weighted by Gasteiger charge is 2.16. The first-order chi connectivity index (χ1) is 16.5. The van der Waals surface area contributed by atoms with Gasteiger partial charge in [0.2, 0.25) is 0 Å². The second kappa shape index (κ2) is 10.6. The minimum Gasteiger partial charge on any atom is -0.465 e. The van der Waals surface area contributed by atoms with Gasteiger partial charge in [-0.3, -0.25) is 19.5 Å². The zero-order valence-electron chi connectivity index (χ0n) is 18.9. The van der Waals surface area contributed by atoms with E-state index in [1.165, 1.54) is 49.4 Å². The second-order valence-electron chi connectivity index (χ2n) is 8.15. The number of allylic oxidation sites excluding steroid dienone is 2. The molecule has 0 atom stereocenters. The number of nitrogens with zero attached hydrogens (tertiary/aromatic N) is 3. The third kappa shape index (κ3) is 5.36. The van der Waals surface area contributed by atoms with Gasteiger partial charge in [-0.25, -0.2) is 9.78 Å². The number of fused-ring (bicyclic) bond motifs is 1. The van der Waals surface area contributed by atoms with Crippen LogP contribution in [0.4, 0.5) is 5.69 Å². The third-order valence-electron chi connectivity index (χ3n) is 5.87. The molecule has 0 aliphatic heterocycles. The van der Waals surface area contributed by atoms with Gasteiger partial charge in [0.05, 0.1) is 28.5 Å². The summed E-state index contributed by atoms with van der Waals surface area (Å²) in [7, 11) is 1.30. The van der Waals surface area contributed by atoms with Crippen molar-refractivity contribution in [2.45, 2.75) is 49.6 Å². The van der Waals surface area contributed by atoms with Gasteiger partial charge in [-0.15, -0.1) is 0 Å². The van der Waals surface area contributed by atoms with Gasteiger partial charge >= 0.3 is 5.97 Å². The summed E-state index contributed by atoms with van der Waals surface area (Å²) in [5, 5.41) is 12.1. The van der Waals surface area contributed by atoms with Crippen LogP contribution in [0, 0.1) is 10.1 Å². The van der Waals surface area contributed by atoms with Crippen molar-refractivity contribution in [1.82, 2.24) is 9.55 Å². The molecule has 1 aliphatic rings. The molecule has 0 spiro atoms. The Labute approximate surface area is 200 Å². The van der Waals surface area contributed by atoms with Crippen LogP contribution in [0.3, 0.4) is 0 Å². The molecule has 1 aromatic heterocycles. The predicted molar refractivity (Wildman–Crippen MR) is 131 cm³/mol. The van der Waals surface area contributed by atoms with Crippen LogP contribution in [0.1, 0.15) is 48.0 Å².